The average Bonchev–Trinajstić information content (AvgIpc) is 2.96. The number of amides is 1. The van der Waals surface area contributed by atoms with E-state index in [1.54, 1.807) is 32.9 Å². The normalized spacial score (nSPS) is 21.2. The van der Waals surface area contributed by atoms with Crippen molar-refractivity contribution < 1.29 is 19.1 Å². The maximum Gasteiger partial charge on any atom is 0.408 e. The van der Waals surface area contributed by atoms with Gasteiger partial charge in [-0.25, -0.2) is 4.79 Å². The Bertz CT molecular complexity index is 828. The van der Waals surface area contributed by atoms with E-state index in [0.717, 1.165) is 17.7 Å². The number of anilines is 1. The summed E-state index contributed by atoms with van der Waals surface area (Å²) in [4.78, 5) is 24.1. The van der Waals surface area contributed by atoms with Crippen molar-refractivity contribution in [2.24, 2.45) is 0 Å². The van der Waals surface area contributed by atoms with E-state index >= 15 is 0 Å². The second-order valence-electron chi connectivity index (χ2n) is 8.34. The Morgan fingerprint density at radius 1 is 1.38 bits per heavy atom. The Morgan fingerprint density at radius 2 is 2.07 bits per heavy atom. The Kier molecular flexibility index (Phi) is 7.02. The number of halogens is 1. The lowest BCUT2D eigenvalue weighted by atomic mass is 9.94. The Labute approximate surface area is 176 Å². The third-order valence-corrected chi connectivity index (χ3v) is 5.35. The van der Waals surface area contributed by atoms with Crippen molar-refractivity contribution in [2.45, 2.75) is 71.1 Å². The molecular weight excluding hydrogens is 394 g/mol. The third kappa shape index (κ3) is 5.77. The summed E-state index contributed by atoms with van der Waals surface area (Å²) in [6.07, 6.45) is 1.02. The molecule has 1 aromatic rings. The molecule has 1 aliphatic rings. The number of rotatable bonds is 5. The number of esters is 1. The van der Waals surface area contributed by atoms with E-state index < -0.39 is 29.3 Å². The van der Waals surface area contributed by atoms with Crippen molar-refractivity contribution in [3.8, 4) is 6.07 Å². The van der Waals surface area contributed by atoms with Crippen LogP contribution in [-0.2, 0) is 14.3 Å². The molecule has 0 aromatic heterocycles. The molecule has 0 spiro atoms. The number of nitrogens with zero attached hydrogens (tertiary/aromatic N) is 1. The molecule has 1 amide bonds. The van der Waals surface area contributed by atoms with E-state index in [1.165, 1.54) is 6.92 Å². The van der Waals surface area contributed by atoms with Gasteiger partial charge in [-0.2, -0.15) is 5.26 Å². The van der Waals surface area contributed by atoms with Gasteiger partial charge in [-0.05, 0) is 64.7 Å². The minimum absolute atomic E-state index is 0.313. The average molecular weight is 422 g/mol. The summed E-state index contributed by atoms with van der Waals surface area (Å²) >= 11 is 6.26. The predicted molar refractivity (Wildman–Crippen MR) is 111 cm³/mol. The highest BCUT2D eigenvalue weighted by Gasteiger charge is 2.47. The molecule has 1 fully saturated rings. The number of alkyl carbamates (subject to hydrolysis) is 1. The van der Waals surface area contributed by atoms with Crippen LogP contribution >= 0.6 is 11.6 Å². The molecule has 0 heterocycles. The zero-order valence-corrected chi connectivity index (χ0v) is 18.3. The number of hydrogen-bond acceptors (Lipinski definition) is 6. The van der Waals surface area contributed by atoms with Crippen molar-refractivity contribution in [3.05, 3.63) is 28.3 Å². The van der Waals surface area contributed by atoms with Crippen molar-refractivity contribution >= 4 is 29.4 Å². The quantitative estimate of drug-likeness (QED) is 0.687. The van der Waals surface area contributed by atoms with Gasteiger partial charge in [-0.1, -0.05) is 11.6 Å². The summed E-state index contributed by atoms with van der Waals surface area (Å²) in [5.41, 5.74) is 0.412. The monoisotopic (exact) mass is 421 g/mol. The molecule has 0 aliphatic heterocycles. The molecule has 158 valence electrons. The molecule has 0 bridgehead atoms. The van der Waals surface area contributed by atoms with Gasteiger partial charge in [0.15, 0.2) is 0 Å². The maximum absolute atomic E-state index is 12.5. The summed E-state index contributed by atoms with van der Waals surface area (Å²) < 4.78 is 10.9. The van der Waals surface area contributed by atoms with Crippen LogP contribution in [0.5, 0.6) is 0 Å². The van der Waals surface area contributed by atoms with Gasteiger partial charge >= 0.3 is 12.1 Å². The van der Waals surface area contributed by atoms with Crippen LogP contribution in [-0.4, -0.2) is 35.9 Å². The smallest absolute Gasteiger partial charge is 0.408 e. The van der Waals surface area contributed by atoms with Gasteiger partial charge < -0.3 is 20.1 Å². The lowest BCUT2D eigenvalue weighted by Gasteiger charge is -2.37. The molecular formula is C21H28ClN3O4. The minimum atomic E-state index is -0.819. The van der Waals surface area contributed by atoms with E-state index in [-0.39, 0.29) is 0 Å². The second-order valence-corrected chi connectivity index (χ2v) is 8.72. The van der Waals surface area contributed by atoms with E-state index in [0.29, 0.717) is 30.0 Å². The highest BCUT2D eigenvalue weighted by molar-refractivity contribution is 6.32. The summed E-state index contributed by atoms with van der Waals surface area (Å²) in [6, 6.07) is 5.47. The number of benzene rings is 1. The highest BCUT2D eigenvalue weighted by atomic mass is 35.5. The lowest BCUT2D eigenvalue weighted by Crippen LogP contribution is -2.59. The van der Waals surface area contributed by atoms with Crippen LogP contribution in [0.2, 0.25) is 5.02 Å². The molecule has 1 aliphatic carbocycles. The second kappa shape index (κ2) is 8.91. The Balaban J connectivity index is 2.27. The van der Waals surface area contributed by atoms with Gasteiger partial charge in [-0.3, -0.25) is 4.79 Å². The fraction of sp³-hybridized carbons (Fsp3) is 0.571. The van der Waals surface area contributed by atoms with Crippen molar-refractivity contribution in [1.82, 2.24) is 5.32 Å². The minimum Gasteiger partial charge on any atom is -0.460 e. The van der Waals surface area contributed by atoms with Crippen molar-refractivity contribution in [3.63, 3.8) is 0 Å². The number of nitriles is 1. The van der Waals surface area contributed by atoms with Gasteiger partial charge in [0.05, 0.1) is 16.1 Å². The number of ether oxygens (including phenoxy) is 2. The first-order chi connectivity index (χ1) is 13.5. The van der Waals surface area contributed by atoms with Crippen LogP contribution in [0.15, 0.2) is 12.1 Å². The SMILES string of the molecule is CC(=O)O[C@H]1CCC[C@]1(CNc1ccc(C#N)c(Cl)c1C)NC(=O)OC(C)(C)C. The van der Waals surface area contributed by atoms with E-state index in [1.807, 2.05) is 6.92 Å². The summed E-state index contributed by atoms with van der Waals surface area (Å²) in [5, 5.41) is 15.8. The zero-order chi connectivity index (χ0) is 21.8. The number of carbonyl (C=O) groups is 2. The van der Waals surface area contributed by atoms with Gasteiger partial charge in [-0.15, -0.1) is 0 Å². The summed E-state index contributed by atoms with van der Waals surface area (Å²) in [6.45, 7) is 8.85. The molecule has 1 aromatic carbocycles. The first kappa shape index (κ1) is 22.8. The van der Waals surface area contributed by atoms with Crippen molar-refractivity contribution in [1.29, 1.82) is 5.26 Å². The van der Waals surface area contributed by atoms with Gasteiger partial charge in [0.2, 0.25) is 0 Å². The van der Waals surface area contributed by atoms with E-state index in [4.69, 9.17) is 26.3 Å². The molecule has 8 heteroatoms. The first-order valence-corrected chi connectivity index (χ1v) is 9.97. The van der Waals surface area contributed by atoms with E-state index in [2.05, 4.69) is 16.7 Å². The van der Waals surface area contributed by atoms with Gasteiger partial charge in [0.25, 0.3) is 0 Å². The molecule has 7 nitrogen and oxygen atoms in total. The van der Waals surface area contributed by atoms with Crippen LogP contribution in [0.3, 0.4) is 0 Å². The molecule has 2 atom stereocenters. The van der Waals surface area contributed by atoms with Gasteiger partial charge in [0.1, 0.15) is 17.8 Å². The third-order valence-electron chi connectivity index (χ3n) is 4.86. The molecule has 1 saturated carbocycles. The van der Waals surface area contributed by atoms with Crippen LogP contribution in [0.1, 0.15) is 58.1 Å². The molecule has 2 N–H and O–H groups in total. The molecule has 0 radical (unpaired) electrons. The van der Waals surface area contributed by atoms with Crippen LogP contribution in [0.25, 0.3) is 0 Å². The summed E-state index contributed by atoms with van der Waals surface area (Å²) in [5.74, 6) is -0.398. The Morgan fingerprint density at radius 3 is 2.66 bits per heavy atom. The predicted octanol–water partition coefficient (Wildman–Crippen LogP) is 4.31. The lowest BCUT2D eigenvalue weighted by molar-refractivity contribution is -0.149. The van der Waals surface area contributed by atoms with Crippen LogP contribution in [0, 0.1) is 18.3 Å². The first-order valence-electron chi connectivity index (χ1n) is 9.59. The summed E-state index contributed by atoms with van der Waals surface area (Å²) in [7, 11) is 0. The van der Waals surface area contributed by atoms with Crippen LogP contribution < -0.4 is 10.6 Å². The molecule has 0 saturated heterocycles. The van der Waals surface area contributed by atoms with Gasteiger partial charge in [0, 0.05) is 19.2 Å². The van der Waals surface area contributed by atoms with Crippen LogP contribution in [0.4, 0.5) is 10.5 Å². The fourth-order valence-electron chi connectivity index (χ4n) is 3.52. The topological polar surface area (TPSA) is 100 Å². The standard InChI is InChI=1S/C21H28ClN3O4/c1-13-16(9-8-15(11-23)18(13)22)24-12-21(25-19(27)29-20(3,4)5)10-6-7-17(21)28-14(2)26/h8-9,17,24H,6-7,10,12H2,1-5H3,(H,25,27)/t17-,21+/m0/s1. The van der Waals surface area contributed by atoms with Crippen molar-refractivity contribution in [2.75, 3.05) is 11.9 Å². The largest absolute Gasteiger partial charge is 0.460 e. The molecule has 2 rings (SSSR count). The maximum atomic E-state index is 12.5. The Hall–Kier alpha value is -2.46. The molecule has 29 heavy (non-hydrogen) atoms. The number of nitrogens with one attached hydrogen (secondary N) is 2. The number of hydrogen-bond donors (Lipinski definition) is 2. The zero-order valence-electron chi connectivity index (χ0n) is 17.5. The van der Waals surface area contributed by atoms with E-state index in [9.17, 15) is 9.59 Å². The highest BCUT2D eigenvalue weighted by Crippen LogP contribution is 2.35. The fourth-order valence-corrected chi connectivity index (χ4v) is 3.73. The molecule has 0 unspecified atom stereocenters. The number of carbonyl (C=O) groups excluding carboxylic acids is 2.